The normalized spacial score (nSPS) is 30.8. The Kier molecular flexibility index (Phi) is 3.27. The third-order valence-corrected chi connectivity index (χ3v) is 2.79. The molecule has 4 heteroatoms. The Labute approximate surface area is 79.3 Å². The van der Waals surface area contributed by atoms with Crippen molar-refractivity contribution >= 4 is 5.91 Å². The van der Waals surface area contributed by atoms with Crippen molar-refractivity contribution in [2.45, 2.75) is 32.4 Å². The Morgan fingerprint density at radius 2 is 2.15 bits per heavy atom. The van der Waals surface area contributed by atoms with E-state index in [4.69, 9.17) is 11.5 Å². The predicted octanol–water partition coefficient (Wildman–Crippen LogP) is -0.471. The van der Waals surface area contributed by atoms with E-state index in [-0.39, 0.29) is 17.9 Å². The summed E-state index contributed by atoms with van der Waals surface area (Å²) < 4.78 is 0. The van der Waals surface area contributed by atoms with E-state index in [0.29, 0.717) is 12.6 Å². The van der Waals surface area contributed by atoms with Crippen LogP contribution < -0.4 is 11.5 Å². The highest BCUT2D eigenvalue weighted by Gasteiger charge is 2.31. The Morgan fingerprint density at radius 1 is 1.54 bits per heavy atom. The molecule has 1 amide bonds. The SMILES string of the molecule is CC(C)N1CCC(N)C(C(N)=O)C1. The van der Waals surface area contributed by atoms with Gasteiger partial charge >= 0.3 is 0 Å². The summed E-state index contributed by atoms with van der Waals surface area (Å²) in [7, 11) is 0. The summed E-state index contributed by atoms with van der Waals surface area (Å²) in [5.74, 6) is -0.436. The van der Waals surface area contributed by atoms with Gasteiger partial charge in [-0.15, -0.1) is 0 Å². The summed E-state index contributed by atoms with van der Waals surface area (Å²) in [5.41, 5.74) is 11.1. The molecule has 4 nitrogen and oxygen atoms in total. The standard InChI is InChI=1S/C9H19N3O/c1-6(2)12-4-3-8(10)7(5-12)9(11)13/h6-8H,3-5,10H2,1-2H3,(H2,11,13). The molecule has 1 rings (SSSR count). The van der Waals surface area contributed by atoms with Crippen LogP contribution in [0.1, 0.15) is 20.3 Å². The number of hydrogen-bond acceptors (Lipinski definition) is 3. The average Bonchev–Trinajstić information content (AvgIpc) is 2.04. The van der Waals surface area contributed by atoms with Crippen molar-refractivity contribution < 1.29 is 4.79 Å². The number of primary amides is 1. The quantitative estimate of drug-likeness (QED) is 0.611. The van der Waals surface area contributed by atoms with Crippen LogP contribution in [0.4, 0.5) is 0 Å². The molecular weight excluding hydrogens is 166 g/mol. The molecule has 0 aromatic carbocycles. The fourth-order valence-electron chi connectivity index (χ4n) is 1.77. The maximum Gasteiger partial charge on any atom is 0.223 e. The zero-order chi connectivity index (χ0) is 10.0. The maximum atomic E-state index is 11.0. The minimum atomic E-state index is -0.266. The summed E-state index contributed by atoms with van der Waals surface area (Å²) >= 11 is 0. The van der Waals surface area contributed by atoms with Gasteiger partial charge in [-0.25, -0.2) is 0 Å². The Bertz CT molecular complexity index is 193. The van der Waals surface area contributed by atoms with Gasteiger partial charge in [-0.2, -0.15) is 0 Å². The smallest absolute Gasteiger partial charge is 0.223 e. The van der Waals surface area contributed by atoms with E-state index >= 15 is 0 Å². The molecule has 0 aromatic heterocycles. The van der Waals surface area contributed by atoms with E-state index in [2.05, 4.69) is 18.7 Å². The van der Waals surface area contributed by atoms with Crippen LogP contribution in [0.2, 0.25) is 0 Å². The van der Waals surface area contributed by atoms with Gasteiger partial charge in [-0.1, -0.05) is 0 Å². The summed E-state index contributed by atoms with van der Waals surface area (Å²) in [6, 6.07) is 0.418. The van der Waals surface area contributed by atoms with Crippen molar-refractivity contribution in [3.63, 3.8) is 0 Å². The fraction of sp³-hybridized carbons (Fsp3) is 0.889. The summed E-state index contributed by atoms with van der Waals surface area (Å²) in [4.78, 5) is 13.3. The largest absolute Gasteiger partial charge is 0.369 e. The molecule has 2 atom stereocenters. The lowest BCUT2D eigenvalue weighted by molar-refractivity contribution is -0.124. The number of likely N-dealkylation sites (tertiary alicyclic amines) is 1. The fourth-order valence-corrected chi connectivity index (χ4v) is 1.77. The number of amides is 1. The number of nitrogens with two attached hydrogens (primary N) is 2. The van der Waals surface area contributed by atoms with Gasteiger partial charge < -0.3 is 16.4 Å². The number of piperidine rings is 1. The Morgan fingerprint density at radius 3 is 2.62 bits per heavy atom. The predicted molar refractivity (Wildman–Crippen MR) is 52.0 cm³/mol. The lowest BCUT2D eigenvalue weighted by atomic mass is 9.91. The van der Waals surface area contributed by atoms with Crippen LogP contribution in [0.5, 0.6) is 0 Å². The van der Waals surface area contributed by atoms with Crippen molar-refractivity contribution in [2.75, 3.05) is 13.1 Å². The molecule has 1 aliphatic heterocycles. The third kappa shape index (κ3) is 2.42. The molecular formula is C9H19N3O. The van der Waals surface area contributed by atoms with Crippen molar-refractivity contribution in [1.29, 1.82) is 0 Å². The molecule has 0 aromatic rings. The van der Waals surface area contributed by atoms with Gasteiger partial charge in [0.1, 0.15) is 0 Å². The monoisotopic (exact) mass is 185 g/mol. The lowest BCUT2D eigenvalue weighted by Gasteiger charge is -2.37. The van der Waals surface area contributed by atoms with Gasteiger partial charge in [0.15, 0.2) is 0 Å². The van der Waals surface area contributed by atoms with Crippen LogP contribution in [0, 0.1) is 5.92 Å². The van der Waals surface area contributed by atoms with Crippen LogP contribution in [0.15, 0.2) is 0 Å². The van der Waals surface area contributed by atoms with E-state index in [1.807, 2.05) is 0 Å². The molecule has 4 N–H and O–H groups in total. The zero-order valence-electron chi connectivity index (χ0n) is 8.36. The first kappa shape index (κ1) is 10.5. The molecule has 0 radical (unpaired) electrons. The van der Waals surface area contributed by atoms with Gasteiger partial charge in [-0.3, -0.25) is 4.79 Å². The van der Waals surface area contributed by atoms with E-state index in [1.165, 1.54) is 0 Å². The topological polar surface area (TPSA) is 72.3 Å². The van der Waals surface area contributed by atoms with Gasteiger partial charge in [0.25, 0.3) is 0 Å². The first-order chi connectivity index (χ1) is 6.02. The highest BCUT2D eigenvalue weighted by atomic mass is 16.1. The number of carbonyl (C=O) groups is 1. The van der Waals surface area contributed by atoms with Crippen molar-refractivity contribution in [2.24, 2.45) is 17.4 Å². The first-order valence-corrected chi connectivity index (χ1v) is 4.81. The molecule has 13 heavy (non-hydrogen) atoms. The van der Waals surface area contributed by atoms with Crippen LogP contribution in [0.3, 0.4) is 0 Å². The molecule has 2 unspecified atom stereocenters. The Balaban J connectivity index is 2.58. The minimum absolute atomic E-state index is 0.0486. The summed E-state index contributed by atoms with van der Waals surface area (Å²) in [6.45, 7) is 5.93. The van der Waals surface area contributed by atoms with Crippen molar-refractivity contribution in [3.8, 4) is 0 Å². The molecule has 0 bridgehead atoms. The van der Waals surface area contributed by atoms with Crippen molar-refractivity contribution in [3.05, 3.63) is 0 Å². The molecule has 1 aliphatic rings. The van der Waals surface area contributed by atoms with Gasteiger partial charge in [0, 0.05) is 18.6 Å². The highest BCUT2D eigenvalue weighted by Crippen LogP contribution is 2.17. The van der Waals surface area contributed by atoms with Crippen LogP contribution in [0.25, 0.3) is 0 Å². The van der Waals surface area contributed by atoms with Gasteiger partial charge in [0.05, 0.1) is 5.92 Å². The van der Waals surface area contributed by atoms with Crippen LogP contribution in [-0.2, 0) is 4.79 Å². The molecule has 0 aliphatic carbocycles. The second-order valence-electron chi connectivity index (χ2n) is 4.05. The summed E-state index contributed by atoms with van der Waals surface area (Å²) in [5, 5.41) is 0. The zero-order valence-corrected chi connectivity index (χ0v) is 8.36. The van der Waals surface area contributed by atoms with Crippen LogP contribution >= 0.6 is 0 Å². The Hall–Kier alpha value is -0.610. The van der Waals surface area contributed by atoms with E-state index in [1.54, 1.807) is 0 Å². The van der Waals surface area contributed by atoms with E-state index in [0.717, 1.165) is 13.0 Å². The lowest BCUT2D eigenvalue weighted by Crippen LogP contribution is -2.53. The number of hydrogen-bond donors (Lipinski definition) is 2. The molecule has 0 spiro atoms. The van der Waals surface area contributed by atoms with Gasteiger partial charge in [-0.05, 0) is 26.8 Å². The maximum absolute atomic E-state index is 11.0. The summed E-state index contributed by atoms with van der Waals surface area (Å²) in [6.07, 6.45) is 0.867. The third-order valence-electron chi connectivity index (χ3n) is 2.79. The number of carbonyl (C=O) groups excluding carboxylic acids is 1. The molecule has 76 valence electrons. The minimum Gasteiger partial charge on any atom is -0.369 e. The number of rotatable bonds is 2. The molecule has 1 fully saturated rings. The molecule has 0 saturated carbocycles. The second kappa shape index (κ2) is 4.07. The average molecular weight is 185 g/mol. The first-order valence-electron chi connectivity index (χ1n) is 4.81. The van der Waals surface area contributed by atoms with Crippen molar-refractivity contribution in [1.82, 2.24) is 4.90 Å². The second-order valence-corrected chi connectivity index (χ2v) is 4.05. The van der Waals surface area contributed by atoms with Gasteiger partial charge in [0.2, 0.25) is 5.91 Å². The van der Waals surface area contributed by atoms with Crippen LogP contribution in [-0.4, -0.2) is 36.0 Å². The van der Waals surface area contributed by atoms with E-state index < -0.39 is 0 Å². The highest BCUT2D eigenvalue weighted by molar-refractivity contribution is 5.77. The molecule has 1 saturated heterocycles. The number of nitrogens with zero attached hydrogens (tertiary/aromatic N) is 1. The van der Waals surface area contributed by atoms with E-state index in [9.17, 15) is 4.79 Å². The molecule has 1 heterocycles.